The molecule has 0 fully saturated rings. The van der Waals surface area contributed by atoms with Gasteiger partial charge in [0.05, 0.1) is 17.5 Å². The first-order chi connectivity index (χ1) is 18.1. The molecule has 6 nitrogen and oxygen atoms in total. The average Bonchev–Trinajstić information content (AvgIpc) is 2.95. The Hall–Kier alpha value is -4.71. The summed E-state index contributed by atoms with van der Waals surface area (Å²) in [7, 11) is 0. The van der Waals surface area contributed by atoms with Crippen LogP contribution in [0.2, 0.25) is 0 Å². The number of ether oxygens (including phenoxy) is 2. The number of benzene rings is 4. The fourth-order valence-electron chi connectivity index (χ4n) is 3.57. The van der Waals surface area contributed by atoms with E-state index in [1.807, 2.05) is 91.0 Å². The second kappa shape index (κ2) is 12.8. The van der Waals surface area contributed by atoms with Crippen LogP contribution in [0.5, 0.6) is 0 Å². The number of carbonyl (C=O) groups excluding carboxylic acids is 3. The molecule has 4 aromatic rings. The van der Waals surface area contributed by atoms with E-state index in [2.05, 4.69) is 5.32 Å². The van der Waals surface area contributed by atoms with Crippen molar-refractivity contribution >= 4 is 23.5 Å². The third-order valence-electron chi connectivity index (χ3n) is 5.46. The van der Waals surface area contributed by atoms with Crippen molar-refractivity contribution in [1.29, 1.82) is 0 Å². The van der Waals surface area contributed by atoms with Crippen molar-refractivity contribution in [3.05, 3.63) is 143 Å². The summed E-state index contributed by atoms with van der Waals surface area (Å²) in [4.78, 5) is 38.2. The molecule has 37 heavy (non-hydrogen) atoms. The van der Waals surface area contributed by atoms with Crippen molar-refractivity contribution in [2.24, 2.45) is 0 Å². The molecule has 0 aliphatic carbocycles. The molecular formula is C31H26NO5. The maximum absolute atomic E-state index is 12.8. The van der Waals surface area contributed by atoms with Gasteiger partial charge in [0.1, 0.15) is 13.2 Å². The molecule has 0 atom stereocenters. The number of hydrogen-bond donors (Lipinski definition) is 1. The maximum atomic E-state index is 12.8. The highest BCUT2D eigenvalue weighted by atomic mass is 16.5. The predicted octanol–water partition coefficient (Wildman–Crippen LogP) is 5.79. The van der Waals surface area contributed by atoms with Gasteiger partial charge in [-0.25, -0.2) is 9.59 Å². The lowest BCUT2D eigenvalue weighted by Gasteiger charge is -2.12. The van der Waals surface area contributed by atoms with E-state index >= 15 is 0 Å². The minimum Gasteiger partial charge on any atom is -0.457 e. The summed E-state index contributed by atoms with van der Waals surface area (Å²) in [6.45, 7) is 0.157. The Morgan fingerprint density at radius 1 is 0.595 bits per heavy atom. The molecule has 0 unspecified atom stereocenters. The number of anilines is 1. The van der Waals surface area contributed by atoms with Crippen molar-refractivity contribution in [3.8, 4) is 0 Å². The van der Waals surface area contributed by atoms with Gasteiger partial charge in [-0.15, -0.1) is 0 Å². The second-order valence-electron chi connectivity index (χ2n) is 8.31. The Kier molecular flexibility index (Phi) is 8.81. The van der Waals surface area contributed by atoms with Gasteiger partial charge >= 0.3 is 11.9 Å². The highest BCUT2D eigenvalue weighted by Crippen LogP contribution is 2.19. The lowest BCUT2D eigenvalue weighted by molar-refractivity contribution is -0.113. The van der Waals surface area contributed by atoms with Gasteiger partial charge in [-0.3, -0.25) is 4.79 Å². The molecule has 0 aliphatic rings. The topological polar surface area (TPSA) is 81.7 Å². The molecule has 1 amide bonds. The first-order valence-corrected chi connectivity index (χ1v) is 11.8. The van der Waals surface area contributed by atoms with Crippen LogP contribution in [0.1, 0.15) is 37.4 Å². The molecule has 0 saturated heterocycles. The molecule has 4 rings (SSSR count). The Labute approximate surface area is 215 Å². The Balaban J connectivity index is 1.48. The van der Waals surface area contributed by atoms with Crippen molar-refractivity contribution in [1.82, 2.24) is 0 Å². The highest BCUT2D eigenvalue weighted by molar-refractivity contribution is 6.01. The number of rotatable bonds is 10. The zero-order valence-electron chi connectivity index (χ0n) is 20.1. The van der Waals surface area contributed by atoms with Gasteiger partial charge in [-0.1, -0.05) is 91.0 Å². The summed E-state index contributed by atoms with van der Waals surface area (Å²) in [6, 6.07) is 32.5. The molecule has 1 radical (unpaired) electrons. The lowest BCUT2D eigenvalue weighted by Crippen LogP contribution is -2.15. The molecule has 0 bridgehead atoms. The van der Waals surface area contributed by atoms with Crippen LogP contribution >= 0.6 is 0 Å². The van der Waals surface area contributed by atoms with E-state index in [4.69, 9.17) is 9.47 Å². The molecule has 0 heterocycles. The van der Waals surface area contributed by atoms with Gasteiger partial charge in [-0.05, 0) is 41.3 Å². The molecule has 0 spiro atoms. The second-order valence-corrected chi connectivity index (χ2v) is 8.31. The van der Waals surface area contributed by atoms with Crippen molar-refractivity contribution in [3.63, 3.8) is 0 Å². The van der Waals surface area contributed by atoms with Gasteiger partial charge in [0.2, 0.25) is 5.91 Å². The number of esters is 2. The van der Waals surface area contributed by atoms with Gasteiger partial charge in [0.25, 0.3) is 0 Å². The zero-order chi connectivity index (χ0) is 25.9. The van der Waals surface area contributed by atoms with Crippen LogP contribution in [0, 0.1) is 6.42 Å². The van der Waals surface area contributed by atoms with E-state index < -0.39 is 11.9 Å². The van der Waals surface area contributed by atoms with Gasteiger partial charge in [0.15, 0.2) is 0 Å². The molecule has 6 heteroatoms. The summed E-state index contributed by atoms with van der Waals surface area (Å²) in [5.41, 5.74) is 3.19. The fourth-order valence-corrected chi connectivity index (χ4v) is 3.57. The number of carbonyl (C=O) groups is 3. The van der Waals surface area contributed by atoms with Crippen LogP contribution in [-0.4, -0.2) is 17.8 Å². The van der Waals surface area contributed by atoms with Crippen LogP contribution in [-0.2, 0) is 33.9 Å². The van der Waals surface area contributed by atoms with Crippen LogP contribution in [0.15, 0.2) is 109 Å². The Morgan fingerprint density at radius 3 is 1.49 bits per heavy atom. The van der Waals surface area contributed by atoms with E-state index in [0.717, 1.165) is 16.7 Å². The minimum atomic E-state index is -0.620. The summed E-state index contributed by atoms with van der Waals surface area (Å²) in [5, 5.41) is 2.74. The third-order valence-corrected chi connectivity index (χ3v) is 5.46. The highest BCUT2D eigenvalue weighted by Gasteiger charge is 2.17. The molecule has 185 valence electrons. The molecule has 0 aliphatic heterocycles. The molecule has 0 aromatic heterocycles. The zero-order valence-corrected chi connectivity index (χ0v) is 20.1. The Bertz CT molecular complexity index is 1260. The first kappa shape index (κ1) is 25.4. The SMILES string of the molecule is O=C([CH]Cc1ccccc1)Nc1cc(C(=O)OCc2ccccc2)cc(C(=O)OCc2ccccc2)c1. The average molecular weight is 493 g/mol. The molecule has 0 saturated carbocycles. The van der Waals surface area contributed by atoms with Crippen molar-refractivity contribution in [2.45, 2.75) is 19.6 Å². The van der Waals surface area contributed by atoms with Crippen LogP contribution < -0.4 is 5.32 Å². The summed E-state index contributed by atoms with van der Waals surface area (Å²) < 4.78 is 10.9. The molecule has 4 aromatic carbocycles. The van der Waals surface area contributed by atoms with Gasteiger partial charge in [0, 0.05) is 5.69 Å². The number of hydrogen-bond acceptors (Lipinski definition) is 5. The van der Waals surface area contributed by atoms with E-state index in [-0.39, 0.29) is 35.9 Å². The van der Waals surface area contributed by atoms with Crippen LogP contribution in [0.25, 0.3) is 0 Å². The van der Waals surface area contributed by atoms with Crippen LogP contribution in [0.3, 0.4) is 0 Å². The third kappa shape index (κ3) is 7.90. The minimum absolute atomic E-state index is 0.0783. The van der Waals surface area contributed by atoms with E-state index in [1.165, 1.54) is 24.6 Å². The maximum Gasteiger partial charge on any atom is 0.338 e. The summed E-state index contributed by atoms with van der Waals surface area (Å²) in [5.74, 6) is -1.60. The van der Waals surface area contributed by atoms with E-state index in [9.17, 15) is 14.4 Å². The summed E-state index contributed by atoms with van der Waals surface area (Å²) in [6.07, 6.45) is 1.95. The van der Waals surface area contributed by atoms with Crippen molar-refractivity contribution < 1.29 is 23.9 Å². The largest absolute Gasteiger partial charge is 0.457 e. The van der Waals surface area contributed by atoms with E-state index in [0.29, 0.717) is 6.42 Å². The lowest BCUT2D eigenvalue weighted by atomic mass is 10.1. The van der Waals surface area contributed by atoms with Gasteiger partial charge in [-0.2, -0.15) is 0 Å². The van der Waals surface area contributed by atoms with E-state index in [1.54, 1.807) is 0 Å². The number of amides is 1. The summed E-state index contributed by atoms with van der Waals surface area (Å²) >= 11 is 0. The molecule has 1 N–H and O–H groups in total. The molecular weight excluding hydrogens is 466 g/mol. The van der Waals surface area contributed by atoms with Crippen molar-refractivity contribution in [2.75, 3.05) is 5.32 Å². The van der Waals surface area contributed by atoms with Crippen LogP contribution in [0.4, 0.5) is 5.69 Å². The number of nitrogens with one attached hydrogen (secondary N) is 1. The smallest absolute Gasteiger partial charge is 0.338 e. The standard InChI is InChI=1S/C31H26NO5/c33-29(17-16-23-10-4-1-5-11-23)32-28-19-26(30(34)36-21-24-12-6-2-7-13-24)18-27(20-28)31(35)37-22-25-14-8-3-9-15-25/h1-15,17-20H,16,21-22H2,(H,32,33). The quantitative estimate of drug-likeness (QED) is 0.284. The first-order valence-electron chi connectivity index (χ1n) is 11.8. The van der Waals surface area contributed by atoms with Gasteiger partial charge < -0.3 is 14.8 Å². The predicted molar refractivity (Wildman–Crippen MR) is 141 cm³/mol. The fraction of sp³-hybridized carbons (Fsp3) is 0.0968. The Morgan fingerprint density at radius 2 is 1.03 bits per heavy atom. The normalized spacial score (nSPS) is 10.4. The monoisotopic (exact) mass is 492 g/mol.